The molecule has 2 heterocycles. The van der Waals surface area contributed by atoms with Crippen molar-refractivity contribution in [2.24, 2.45) is 0 Å². The minimum absolute atomic E-state index is 0.679. The Morgan fingerprint density at radius 1 is 0.875 bits per heavy atom. The number of ether oxygens (including phenoxy) is 3. The third kappa shape index (κ3) is 3.65. The summed E-state index contributed by atoms with van der Waals surface area (Å²) in [6.07, 6.45) is -14.3. The normalized spacial score (nSPS) is 53.1. The molecule has 0 aromatic carbocycles. The van der Waals surface area contributed by atoms with Crippen LogP contribution in [-0.2, 0) is 14.2 Å². The molecule has 139 valence electrons. The van der Waals surface area contributed by atoms with Crippen molar-refractivity contribution in [3.05, 3.63) is 0 Å². The van der Waals surface area contributed by atoms with Crippen molar-refractivity contribution in [1.82, 2.24) is 0 Å². The van der Waals surface area contributed by atoms with Gasteiger partial charge >= 0.3 is 0 Å². The van der Waals surface area contributed by atoms with E-state index in [-0.39, 0.29) is 0 Å². The lowest BCUT2D eigenvalue weighted by molar-refractivity contribution is -0.364. The predicted octanol–water partition coefficient (Wildman–Crippen LogP) is -5.90. The summed E-state index contributed by atoms with van der Waals surface area (Å²) in [7, 11) is 2.71. The standard InChI is InChI=1S/C12H21O11Si/c13-1-3-5(15)6(16)7(17)11(21-3)22-9-4(2-14)23-12(20,24)10(19)8(9)18/h3-11,13-20H,1-2H2/t3-,4-,5+,6+,7-,8+,9-,10-,11+,12?/m1/s1. The van der Waals surface area contributed by atoms with Crippen LogP contribution in [0.2, 0.25) is 0 Å². The van der Waals surface area contributed by atoms with Gasteiger partial charge in [0.15, 0.2) is 11.7 Å². The van der Waals surface area contributed by atoms with Gasteiger partial charge in [0, 0.05) is 0 Å². The van der Waals surface area contributed by atoms with Gasteiger partial charge in [-0.25, -0.2) is 0 Å². The summed E-state index contributed by atoms with van der Waals surface area (Å²) in [5.41, 5.74) is -2.33. The van der Waals surface area contributed by atoms with Crippen LogP contribution in [0.5, 0.6) is 0 Å². The molecule has 2 fully saturated rings. The molecule has 2 rings (SSSR count). The van der Waals surface area contributed by atoms with Crippen molar-refractivity contribution in [2.45, 2.75) is 60.5 Å². The van der Waals surface area contributed by atoms with Crippen LogP contribution in [0, 0.1) is 0 Å². The van der Waals surface area contributed by atoms with Crippen LogP contribution in [-0.4, -0.2) is 125 Å². The maximum absolute atomic E-state index is 10.1. The molecule has 0 bridgehead atoms. The average Bonchev–Trinajstić information content (AvgIpc) is 2.55. The smallest absolute Gasteiger partial charge is 0.187 e. The molecule has 2 aliphatic rings. The van der Waals surface area contributed by atoms with Crippen LogP contribution in [0.3, 0.4) is 0 Å². The zero-order valence-corrected chi connectivity index (χ0v) is 13.4. The number of aliphatic hydroxyl groups is 8. The lowest BCUT2D eigenvalue weighted by Gasteiger charge is -2.48. The number of rotatable bonds is 4. The predicted molar refractivity (Wildman–Crippen MR) is 73.3 cm³/mol. The van der Waals surface area contributed by atoms with Crippen LogP contribution in [0.25, 0.3) is 0 Å². The maximum Gasteiger partial charge on any atom is 0.187 e. The lowest BCUT2D eigenvalue weighted by atomic mass is 9.97. The monoisotopic (exact) mass is 369 g/mol. The van der Waals surface area contributed by atoms with Gasteiger partial charge in [-0.2, -0.15) is 0 Å². The van der Waals surface area contributed by atoms with E-state index >= 15 is 0 Å². The fourth-order valence-electron chi connectivity index (χ4n) is 2.64. The summed E-state index contributed by atoms with van der Waals surface area (Å²) >= 11 is 0. The third-order valence-electron chi connectivity index (χ3n) is 4.08. The fourth-order valence-corrected chi connectivity index (χ4v) is 2.96. The molecule has 2 saturated heterocycles. The molecule has 10 atom stereocenters. The second-order valence-corrected chi connectivity index (χ2v) is 6.49. The number of hydrogen-bond acceptors (Lipinski definition) is 11. The summed E-state index contributed by atoms with van der Waals surface area (Å²) in [5.74, 6) is 0. The van der Waals surface area contributed by atoms with Crippen LogP contribution < -0.4 is 0 Å². The summed E-state index contributed by atoms with van der Waals surface area (Å²) in [6, 6.07) is 0. The molecule has 0 saturated carbocycles. The fraction of sp³-hybridized carbons (Fsp3) is 1.00. The molecule has 0 amide bonds. The molecule has 24 heavy (non-hydrogen) atoms. The second kappa shape index (κ2) is 7.57. The minimum atomic E-state index is -2.33. The van der Waals surface area contributed by atoms with Crippen molar-refractivity contribution in [1.29, 1.82) is 0 Å². The minimum Gasteiger partial charge on any atom is -0.394 e. The summed E-state index contributed by atoms with van der Waals surface area (Å²) in [5, 5.41) is 77.4. The van der Waals surface area contributed by atoms with E-state index in [1.54, 1.807) is 0 Å². The van der Waals surface area contributed by atoms with E-state index in [0.717, 1.165) is 0 Å². The molecule has 8 N–H and O–H groups in total. The highest BCUT2D eigenvalue weighted by Gasteiger charge is 2.53. The van der Waals surface area contributed by atoms with E-state index in [2.05, 4.69) is 10.2 Å². The summed E-state index contributed by atoms with van der Waals surface area (Å²) in [6.45, 7) is -1.40. The molecule has 11 nitrogen and oxygen atoms in total. The Kier molecular flexibility index (Phi) is 6.34. The molecule has 3 radical (unpaired) electrons. The largest absolute Gasteiger partial charge is 0.394 e. The van der Waals surface area contributed by atoms with Gasteiger partial charge in [-0.05, 0) is 0 Å². The van der Waals surface area contributed by atoms with E-state index in [1.165, 1.54) is 0 Å². The van der Waals surface area contributed by atoms with Gasteiger partial charge in [-0.1, -0.05) is 0 Å². The highest BCUT2D eigenvalue weighted by Crippen LogP contribution is 2.31. The Bertz CT molecular complexity index is 420. The van der Waals surface area contributed by atoms with Gasteiger partial charge in [0.05, 0.1) is 13.2 Å². The van der Waals surface area contributed by atoms with Crippen LogP contribution in [0.15, 0.2) is 0 Å². The Hall–Kier alpha value is -0.223. The van der Waals surface area contributed by atoms with Crippen molar-refractivity contribution in [2.75, 3.05) is 13.2 Å². The van der Waals surface area contributed by atoms with Crippen LogP contribution in [0.1, 0.15) is 0 Å². The first-order chi connectivity index (χ1) is 11.1. The molecule has 0 aromatic rings. The van der Waals surface area contributed by atoms with E-state index in [1.807, 2.05) is 0 Å². The highest BCUT2D eigenvalue weighted by atomic mass is 28.1. The second-order valence-electron chi connectivity index (χ2n) is 5.77. The molecule has 12 heteroatoms. The van der Waals surface area contributed by atoms with Gasteiger partial charge in [0.2, 0.25) is 0 Å². The van der Waals surface area contributed by atoms with Gasteiger partial charge in [-0.15, -0.1) is 0 Å². The van der Waals surface area contributed by atoms with Gasteiger partial charge in [-0.3, -0.25) is 0 Å². The Morgan fingerprint density at radius 3 is 2.00 bits per heavy atom. The molecule has 2 aliphatic heterocycles. The molecule has 0 aliphatic carbocycles. The van der Waals surface area contributed by atoms with E-state index < -0.39 is 73.7 Å². The van der Waals surface area contributed by atoms with Gasteiger partial charge in [0.1, 0.15) is 59.1 Å². The Labute approximate surface area is 140 Å². The first-order valence-corrected chi connectivity index (χ1v) is 7.72. The van der Waals surface area contributed by atoms with Crippen LogP contribution >= 0.6 is 0 Å². The van der Waals surface area contributed by atoms with Crippen molar-refractivity contribution in [3.63, 3.8) is 0 Å². The van der Waals surface area contributed by atoms with Gasteiger partial charge in [0.25, 0.3) is 0 Å². The Balaban J connectivity index is 2.15. The van der Waals surface area contributed by atoms with Crippen molar-refractivity contribution < 1.29 is 55.1 Å². The van der Waals surface area contributed by atoms with Crippen molar-refractivity contribution in [3.8, 4) is 0 Å². The summed E-state index contributed by atoms with van der Waals surface area (Å²) in [4.78, 5) is 0. The van der Waals surface area contributed by atoms with E-state index in [0.29, 0.717) is 0 Å². The SMILES string of the molecule is OC[C@H]1O[C@@H](O[C@H]2[C@H](O)[C@@H](O)C(O)([Si])O[C@@H]2CO)[C@H](O)[C@@H](O)[C@H]1O. The highest BCUT2D eigenvalue weighted by molar-refractivity contribution is 6.13. The molecule has 0 aromatic heterocycles. The van der Waals surface area contributed by atoms with Crippen LogP contribution in [0.4, 0.5) is 0 Å². The Morgan fingerprint density at radius 2 is 1.46 bits per heavy atom. The van der Waals surface area contributed by atoms with Crippen molar-refractivity contribution >= 4 is 10.2 Å². The molecular formula is C12H21O11Si. The number of hydrogen-bond donors (Lipinski definition) is 8. The number of aliphatic hydroxyl groups excluding tert-OH is 7. The lowest BCUT2D eigenvalue weighted by Crippen LogP contribution is -2.68. The molecular weight excluding hydrogens is 348 g/mol. The molecule has 0 spiro atoms. The first-order valence-electron chi connectivity index (χ1n) is 7.22. The van der Waals surface area contributed by atoms with E-state index in [4.69, 9.17) is 19.3 Å². The van der Waals surface area contributed by atoms with E-state index in [9.17, 15) is 35.7 Å². The third-order valence-corrected chi connectivity index (χ3v) is 4.49. The van der Waals surface area contributed by atoms with Gasteiger partial charge < -0.3 is 55.1 Å². The first kappa shape index (κ1) is 20.1. The summed E-state index contributed by atoms with van der Waals surface area (Å²) < 4.78 is 15.4. The topological polar surface area (TPSA) is 190 Å². The average molecular weight is 369 g/mol. The molecule has 1 unspecified atom stereocenters. The zero-order chi connectivity index (χ0) is 18.2. The quantitative estimate of drug-likeness (QED) is 0.220. The zero-order valence-electron chi connectivity index (χ0n) is 12.4. The maximum atomic E-state index is 10.1.